The van der Waals surface area contributed by atoms with Crippen LogP contribution in [0.3, 0.4) is 0 Å². The van der Waals surface area contributed by atoms with Gasteiger partial charge in [-0.2, -0.15) is 0 Å². The van der Waals surface area contributed by atoms with Crippen molar-refractivity contribution in [1.29, 1.82) is 0 Å². The molecular formula is C24H19FN2O5S. The predicted molar refractivity (Wildman–Crippen MR) is 120 cm³/mol. The molecule has 0 radical (unpaired) electrons. The molecule has 0 unspecified atom stereocenters. The monoisotopic (exact) mass is 466 g/mol. The minimum absolute atomic E-state index is 0.0277. The highest BCUT2D eigenvalue weighted by atomic mass is 32.2. The topological polar surface area (TPSA) is 94.5 Å². The van der Waals surface area contributed by atoms with Crippen molar-refractivity contribution in [3.05, 3.63) is 90.4 Å². The molecular weight excluding hydrogens is 447 g/mol. The Morgan fingerprint density at radius 2 is 1.64 bits per heavy atom. The van der Waals surface area contributed by atoms with Crippen LogP contribution in [-0.2, 0) is 25.9 Å². The molecule has 0 aliphatic heterocycles. The molecule has 1 aromatic heterocycles. The lowest BCUT2D eigenvalue weighted by Crippen LogP contribution is -2.18. The van der Waals surface area contributed by atoms with Crippen molar-refractivity contribution in [2.24, 2.45) is 0 Å². The Morgan fingerprint density at radius 3 is 2.30 bits per heavy atom. The molecule has 33 heavy (non-hydrogen) atoms. The maximum Gasteiger partial charge on any atom is 0.337 e. The van der Waals surface area contributed by atoms with Gasteiger partial charge >= 0.3 is 5.97 Å². The molecule has 1 N–H and O–H groups in total. The summed E-state index contributed by atoms with van der Waals surface area (Å²) in [5, 5.41) is 3.18. The van der Waals surface area contributed by atoms with Gasteiger partial charge in [0.15, 0.2) is 0 Å². The average Bonchev–Trinajstić information content (AvgIpc) is 3.18. The highest BCUT2D eigenvalue weighted by Gasteiger charge is 2.24. The van der Waals surface area contributed by atoms with Gasteiger partial charge in [-0.25, -0.2) is 17.6 Å². The van der Waals surface area contributed by atoms with Crippen molar-refractivity contribution < 1.29 is 27.1 Å². The van der Waals surface area contributed by atoms with E-state index in [-0.39, 0.29) is 22.2 Å². The van der Waals surface area contributed by atoms with Crippen molar-refractivity contribution in [3.8, 4) is 0 Å². The number of nitrogens with zero attached hydrogens (tertiary/aromatic N) is 1. The number of carbonyl (C=O) groups excluding carboxylic acids is 2. The van der Waals surface area contributed by atoms with Crippen molar-refractivity contribution in [3.63, 3.8) is 0 Å². The molecule has 7 nitrogen and oxygen atoms in total. The van der Waals surface area contributed by atoms with Crippen LogP contribution < -0.4 is 5.32 Å². The van der Waals surface area contributed by atoms with Gasteiger partial charge in [-0.15, -0.1) is 0 Å². The van der Waals surface area contributed by atoms with Crippen LogP contribution in [-0.4, -0.2) is 32.0 Å². The van der Waals surface area contributed by atoms with Gasteiger partial charge in [-0.05, 0) is 54.6 Å². The molecule has 0 saturated carbocycles. The highest BCUT2D eigenvalue weighted by molar-refractivity contribution is 7.91. The highest BCUT2D eigenvalue weighted by Crippen LogP contribution is 2.30. The Labute approximate surface area is 189 Å². The third kappa shape index (κ3) is 4.49. The number of para-hydroxylation sites is 1. The van der Waals surface area contributed by atoms with E-state index in [0.717, 1.165) is 12.1 Å². The lowest BCUT2D eigenvalue weighted by Gasteiger charge is -2.08. The zero-order valence-electron chi connectivity index (χ0n) is 17.5. The number of carbonyl (C=O) groups is 2. The third-order valence-corrected chi connectivity index (χ3v) is 6.87. The largest absolute Gasteiger partial charge is 0.465 e. The average molecular weight is 466 g/mol. The van der Waals surface area contributed by atoms with Crippen molar-refractivity contribution in [2.75, 3.05) is 12.4 Å². The Balaban J connectivity index is 1.62. The molecule has 9 heteroatoms. The summed E-state index contributed by atoms with van der Waals surface area (Å²) in [6, 6.07) is 17.6. The fraction of sp³-hybridized carbons (Fsp3) is 0.0833. The van der Waals surface area contributed by atoms with Crippen LogP contribution in [0.2, 0.25) is 0 Å². The lowest BCUT2D eigenvalue weighted by atomic mass is 10.2. The predicted octanol–water partition coefficient (Wildman–Crippen LogP) is 4.04. The number of amides is 1. The van der Waals surface area contributed by atoms with E-state index < -0.39 is 21.6 Å². The normalized spacial score (nSPS) is 11.3. The van der Waals surface area contributed by atoms with Crippen LogP contribution in [0.1, 0.15) is 10.4 Å². The van der Waals surface area contributed by atoms with E-state index in [1.165, 1.54) is 37.6 Å². The zero-order chi connectivity index (χ0) is 23.6. The minimum Gasteiger partial charge on any atom is -0.465 e. The van der Waals surface area contributed by atoms with E-state index in [9.17, 15) is 22.4 Å². The number of sulfone groups is 1. The summed E-state index contributed by atoms with van der Waals surface area (Å²) in [5.41, 5.74) is 1.39. The summed E-state index contributed by atoms with van der Waals surface area (Å²) in [4.78, 5) is 24.2. The molecule has 1 amide bonds. The number of aromatic nitrogens is 1. The number of halogens is 1. The summed E-state index contributed by atoms with van der Waals surface area (Å²) in [6.45, 7) is -0.141. The van der Waals surface area contributed by atoms with E-state index in [2.05, 4.69) is 10.1 Å². The number of ether oxygens (including phenoxy) is 1. The Bertz CT molecular complexity index is 1440. The fourth-order valence-electron chi connectivity index (χ4n) is 3.46. The van der Waals surface area contributed by atoms with Gasteiger partial charge in [0.1, 0.15) is 12.4 Å². The smallest absolute Gasteiger partial charge is 0.337 e. The molecule has 168 valence electrons. The Morgan fingerprint density at radius 1 is 0.970 bits per heavy atom. The van der Waals surface area contributed by atoms with E-state index in [1.807, 2.05) is 0 Å². The number of hydrogen-bond donors (Lipinski definition) is 1. The van der Waals surface area contributed by atoms with Crippen molar-refractivity contribution in [2.45, 2.75) is 16.3 Å². The first-order valence-electron chi connectivity index (χ1n) is 9.86. The van der Waals surface area contributed by atoms with Crippen molar-refractivity contribution >= 4 is 38.3 Å². The third-order valence-electron chi connectivity index (χ3n) is 5.07. The second kappa shape index (κ2) is 8.87. The van der Waals surface area contributed by atoms with Gasteiger partial charge in [0.25, 0.3) is 0 Å². The standard InChI is InChI=1S/C24H19FN2O5S/c1-32-24(29)16-6-10-18(11-7-16)26-23(28)15-27-14-22(20-4-2-3-5-21(20)27)33(30,31)19-12-8-17(25)9-13-19/h2-14H,15H2,1H3,(H,26,28). The molecule has 0 fully saturated rings. The van der Waals surface area contributed by atoms with Crippen LogP contribution in [0, 0.1) is 5.82 Å². The van der Waals surface area contributed by atoms with Crippen LogP contribution >= 0.6 is 0 Å². The fourth-order valence-corrected chi connectivity index (χ4v) is 4.94. The molecule has 3 aromatic carbocycles. The van der Waals surface area contributed by atoms with E-state index >= 15 is 0 Å². The molecule has 0 aliphatic rings. The molecule has 4 rings (SSSR count). The lowest BCUT2D eigenvalue weighted by molar-refractivity contribution is -0.116. The van der Waals surface area contributed by atoms with Gasteiger partial charge in [-0.3, -0.25) is 4.79 Å². The molecule has 1 heterocycles. The van der Waals surface area contributed by atoms with E-state index in [0.29, 0.717) is 22.2 Å². The molecule has 0 spiro atoms. The van der Waals surface area contributed by atoms with Crippen molar-refractivity contribution in [1.82, 2.24) is 4.57 Å². The molecule has 0 aliphatic carbocycles. The number of anilines is 1. The minimum atomic E-state index is -3.93. The maximum absolute atomic E-state index is 13.3. The zero-order valence-corrected chi connectivity index (χ0v) is 18.3. The second-order valence-corrected chi connectivity index (χ2v) is 9.13. The van der Waals surface area contributed by atoms with Gasteiger partial charge in [0, 0.05) is 22.8 Å². The maximum atomic E-state index is 13.3. The number of fused-ring (bicyclic) bond motifs is 1. The molecule has 0 atom stereocenters. The summed E-state index contributed by atoms with van der Waals surface area (Å²) >= 11 is 0. The number of esters is 1. The number of benzene rings is 3. The van der Waals surface area contributed by atoms with E-state index in [1.54, 1.807) is 41.0 Å². The number of methoxy groups -OCH3 is 1. The SMILES string of the molecule is COC(=O)c1ccc(NC(=O)Cn2cc(S(=O)(=O)c3ccc(F)cc3)c3ccccc32)cc1. The van der Waals surface area contributed by atoms with Gasteiger partial charge in [-0.1, -0.05) is 18.2 Å². The van der Waals surface area contributed by atoms with E-state index in [4.69, 9.17) is 0 Å². The number of rotatable bonds is 6. The van der Waals surface area contributed by atoms with Gasteiger partial charge < -0.3 is 14.6 Å². The summed E-state index contributed by atoms with van der Waals surface area (Å²) < 4.78 is 45.8. The van der Waals surface area contributed by atoms with Gasteiger partial charge in [0.2, 0.25) is 15.7 Å². The second-order valence-electron chi connectivity index (χ2n) is 7.21. The van der Waals surface area contributed by atoms with Crippen LogP contribution in [0.4, 0.5) is 10.1 Å². The van der Waals surface area contributed by atoms with Crippen LogP contribution in [0.15, 0.2) is 88.8 Å². The summed E-state index contributed by atoms with van der Waals surface area (Å²) in [6.07, 6.45) is 1.41. The quantitative estimate of drug-likeness (QED) is 0.342. The molecule has 0 bridgehead atoms. The number of nitrogens with one attached hydrogen (secondary N) is 1. The molecule has 0 saturated heterocycles. The summed E-state index contributed by atoms with van der Waals surface area (Å²) in [7, 11) is -2.65. The Kier molecular flexibility index (Phi) is 5.97. The summed E-state index contributed by atoms with van der Waals surface area (Å²) in [5.74, 6) is -1.40. The molecule has 4 aromatic rings. The van der Waals surface area contributed by atoms with Crippen LogP contribution in [0.25, 0.3) is 10.9 Å². The number of hydrogen-bond acceptors (Lipinski definition) is 5. The first kappa shape index (κ1) is 22.2. The van der Waals surface area contributed by atoms with Crippen LogP contribution in [0.5, 0.6) is 0 Å². The first-order chi connectivity index (χ1) is 15.8. The Hall–Kier alpha value is -3.98. The first-order valence-corrected chi connectivity index (χ1v) is 11.3. The van der Waals surface area contributed by atoms with Gasteiger partial charge in [0.05, 0.1) is 22.5 Å².